The Kier molecular flexibility index (Phi) is 5.69. The first kappa shape index (κ1) is 21.3. The third kappa shape index (κ3) is 3.86. The molecule has 0 amide bonds. The first-order valence-electron chi connectivity index (χ1n) is 9.06. The van der Waals surface area contributed by atoms with E-state index < -0.39 is 21.2 Å². The molecular weight excluding hydrogens is 417 g/mol. The molecule has 0 unspecified atom stereocenters. The van der Waals surface area contributed by atoms with Crippen molar-refractivity contribution in [3.8, 4) is 0 Å². The van der Waals surface area contributed by atoms with Crippen LogP contribution in [0.5, 0.6) is 0 Å². The highest BCUT2D eigenvalue weighted by Gasteiger charge is 2.19. The average molecular weight is 438 g/mol. The molecule has 154 valence electrons. The van der Waals surface area contributed by atoms with Gasteiger partial charge in [0, 0.05) is 23.3 Å². The number of hydrogen-bond acceptors (Lipinski definition) is 5. The fourth-order valence-electron chi connectivity index (χ4n) is 3.10. The maximum Gasteiger partial charge on any atom is 0.270 e. The lowest BCUT2D eigenvalue weighted by atomic mass is 10.2. The molecule has 1 aromatic carbocycles. The van der Waals surface area contributed by atoms with E-state index in [1.807, 2.05) is 0 Å². The fraction of sp³-hybridized carbons (Fsp3) is 0.300. The number of aromatic nitrogens is 2. The van der Waals surface area contributed by atoms with Crippen LogP contribution in [0.15, 0.2) is 40.2 Å². The number of hydrogen-bond donors (Lipinski definition) is 1. The minimum Gasteiger partial charge on any atom is -0.337 e. The van der Waals surface area contributed by atoms with Crippen molar-refractivity contribution in [2.75, 3.05) is 11.1 Å². The second-order valence-corrected chi connectivity index (χ2v) is 9.68. The number of anilines is 2. The van der Waals surface area contributed by atoms with E-state index in [-0.39, 0.29) is 33.0 Å². The molecular formula is C20H21ClFN3O3S. The Morgan fingerprint density at radius 3 is 2.55 bits per heavy atom. The Bertz CT molecular complexity index is 1270. The van der Waals surface area contributed by atoms with Crippen molar-refractivity contribution in [3.63, 3.8) is 0 Å². The lowest BCUT2D eigenvalue weighted by Gasteiger charge is -2.17. The molecule has 2 heterocycles. The average Bonchev–Trinajstić information content (AvgIpc) is 2.66. The number of halogens is 2. The monoisotopic (exact) mass is 437 g/mol. The molecule has 0 atom stereocenters. The summed E-state index contributed by atoms with van der Waals surface area (Å²) in [6, 6.07) is 5.66. The summed E-state index contributed by atoms with van der Waals surface area (Å²) in [4.78, 5) is 16.8. The Balaban J connectivity index is 2.13. The predicted molar refractivity (Wildman–Crippen MR) is 114 cm³/mol. The zero-order valence-electron chi connectivity index (χ0n) is 16.5. The molecule has 0 aliphatic heterocycles. The summed E-state index contributed by atoms with van der Waals surface area (Å²) >= 11 is 5.99. The lowest BCUT2D eigenvalue weighted by molar-refractivity contribution is 0.572. The molecule has 0 bridgehead atoms. The first-order valence-corrected chi connectivity index (χ1v) is 11.1. The SMILES string of the molecule is CCS(=O)(=O)c1ccc(Nc2ncc3cc(Cl)c(=O)n(C(C)C)c3c2F)c(C)c1. The summed E-state index contributed by atoms with van der Waals surface area (Å²) in [5.41, 5.74) is 0.765. The molecule has 0 saturated carbocycles. The van der Waals surface area contributed by atoms with Crippen molar-refractivity contribution < 1.29 is 12.8 Å². The van der Waals surface area contributed by atoms with Gasteiger partial charge in [0.1, 0.15) is 5.02 Å². The molecule has 3 rings (SSSR count). The van der Waals surface area contributed by atoms with E-state index >= 15 is 4.39 Å². The Morgan fingerprint density at radius 1 is 1.28 bits per heavy atom. The van der Waals surface area contributed by atoms with E-state index in [1.54, 1.807) is 33.8 Å². The largest absolute Gasteiger partial charge is 0.337 e. The van der Waals surface area contributed by atoms with Crippen molar-refractivity contribution in [2.24, 2.45) is 0 Å². The molecule has 1 N–H and O–H groups in total. The lowest BCUT2D eigenvalue weighted by Crippen LogP contribution is -2.23. The normalized spacial score (nSPS) is 12.0. The zero-order chi connectivity index (χ0) is 21.5. The standard InChI is InChI=1S/C20H21ClFN3O3S/c1-5-29(27,28)14-6-7-16(12(4)8-14)24-19-17(22)18-13(10-23-19)9-15(21)20(26)25(18)11(2)3/h6-11H,5H2,1-4H3,(H,23,24). The number of rotatable bonds is 5. The van der Waals surface area contributed by atoms with Crippen molar-refractivity contribution >= 4 is 43.8 Å². The minimum absolute atomic E-state index is 0.00308. The van der Waals surface area contributed by atoms with Gasteiger partial charge in [-0.15, -0.1) is 0 Å². The molecule has 0 fully saturated rings. The van der Waals surface area contributed by atoms with Gasteiger partial charge in [0.2, 0.25) is 0 Å². The molecule has 9 heteroatoms. The van der Waals surface area contributed by atoms with E-state index in [0.717, 1.165) is 0 Å². The van der Waals surface area contributed by atoms with Gasteiger partial charge in [-0.2, -0.15) is 0 Å². The van der Waals surface area contributed by atoms with Gasteiger partial charge in [-0.3, -0.25) is 4.79 Å². The second kappa shape index (κ2) is 7.76. The molecule has 0 saturated heterocycles. The van der Waals surface area contributed by atoms with Crippen molar-refractivity contribution in [1.29, 1.82) is 0 Å². The maximum absolute atomic E-state index is 15.3. The molecule has 0 radical (unpaired) electrons. The first-order chi connectivity index (χ1) is 13.6. The Morgan fingerprint density at radius 2 is 1.97 bits per heavy atom. The van der Waals surface area contributed by atoms with Crippen LogP contribution >= 0.6 is 11.6 Å². The highest BCUT2D eigenvalue weighted by Crippen LogP contribution is 2.29. The maximum atomic E-state index is 15.3. The predicted octanol–water partition coefficient (Wildman–Crippen LogP) is 4.62. The number of fused-ring (bicyclic) bond motifs is 1. The Hall–Kier alpha value is -2.45. The van der Waals surface area contributed by atoms with Crippen LogP contribution in [0.3, 0.4) is 0 Å². The summed E-state index contributed by atoms with van der Waals surface area (Å²) in [7, 11) is -3.34. The number of nitrogens with zero attached hydrogens (tertiary/aromatic N) is 2. The second-order valence-electron chi connectivity index (χ2n) is 6.99. The van der Waals surface area contributed by atoms with Gasteiger partial charge in [-0.25, -0.2) is 17.8 Å². The molecule has 0 aliphatic rings. The molecule has 3 aromatic rings. The molecule has 0 aliphatic carbocycles. The highest BCUT2D eigenvalue weighted by molar-refractivity contribution is 7.91. The zero-order valence-corrected chi connectivity index (χ0v) is 18.0. The fourth-order valence-corrected chi connectivity index (χ4v) is 4.27. The molecule has 6 nitrogen and oxygen atoms in total. The van der Waals surface area contributed by atoms with E-state index in [0.29, 0.717) is 16.6 Å². The van der Waals surface area contributed by atoms with Gasteiger partial charge in [-0.1, -0.05) is 18.5 Å². The van der Waals surface area contributed by atoms with E-state index in [9.17, 15) is 13.2 Å². The van der Waals surface area contributed by atoms with Crippen molar-refractivity contribution in [1.82, 2.24) is 9.55 Å². The van der Waals surface area contributed by atoms with Crippen LogP contribution in [-0.2, 0) is 9.84 Å². The summed E-state index contributed by atoms with van der Waals surface area (Å²) in [6.45, 7) is 6.83. The third-order valence-corrected chi connectivity index (χ3v) is 6.68. The van der Waals surface area contributed by atoms with E-state index in [4.69, 9.17) is 11.6 Å². The van der Waals surface area contributed by atoms with Crippen LogP contribution in [0.4, 0.5) is 15.9 Å². The summed E-state index contributed by atoms with van der Waals surface area (Å²) in [5.74, 6) is -0.757. The van der Waals surface area contributed by atoms with Crippen molar-refractivity contribution in [2.45, 2.75) is 38.6 Å². The molecule has 29 heavy (non-hydrogen) atoms. The van der Waals surface area contributed by atoms with Gasteiger partial charge < -0.3 is 9.88 Å². The minimum atomic E-state index is -3.34. The highest BCUT2D eigenvalue weighted by atomic mass is 35.5. The smallest absolute Gasteiger partial charge is 0.270 e. The number of benzene rings is 1. The number of nitrogens with one attached hydrogen (secondary N) is 1. The number of pyridine rings is 2. The topological polar surface area (TPSA) is 81.1 Å². The quantitative estimate of drug-likeness (QED) is 0.630. The van der Waals surface area contributed by atoms with Gasteiger partial charge in [0.25, 0.3) is 5.56 Å². The van der Waals surface area contributed by atoms with Gasteiger partial charge >= 0.3 is 0 Å². The van der Waals surface area contributed by atoms with Crippen LogP contribution < -0.4 is 10.9 Å². The number of sulfone groups is 1. The van der Waals surface area contributed by atoms with Crippen LogP contribution in [-0.4, -0.2) is 23.7 Å². The number of aryl methyl sites for hydroxylation is 1. The summed E-state index contributed by atoms with van der Waals surface area (Å²) < 4.78 is 40.7. The summed E-state index contributed by atoms with van der Waals surface area (Å²) in [5, 5.41) is 3.31. The van der Waals surface area contributed by atoms with E-state index in [1.165, 1.54) is 29.0 Å². The third-order valence-electron chi connectivity index (χ3n) is 4.67. The van der Waals surface area contributed by atoms with Crippen LogP contribution in [0.1, 0.15) is 32.4 Å². The van der Waals surface area contributed by atoms with Gasteiger partial charge in [0.15, 0.2) is 21.5 Å². The molecule has 2 aromatic heterocycles. The molecule has 0 spiro atoms. The van der Waals surface area contributed by atoms with Crippen LogP contribution in [0, 0.1) is 12.7 Å². The Labute approximate surface area is 173 Å². The van der Waals surface area contributed by atoms with Crippen LogP contribution in [0.2, 0.25) is 5.02 Å². The summed E-state index contributed by atoms with van der Waals surface area (Å²) in [6.07, 6.45) is 1.44. The van der Waals surface area contributed by atoms with E-state index in [2.05, 4.69) is 10.3 Å². The van der Waals surface area contributed by atoms with Crippen LogP contribution in [0.25, 0.3) is 10.9 Å². The van der Waals surface area contributed by atoms with Gasteiger partial charge in [-0.05, 0) is 50.6 Å². The van der Waals surface area contributed by atoms with Gasteiger partial charge in [0.05, 0.1) is 16.2 Å². The van der Waals surface area contributed by atoms with Crippen molar-refractivity contribution in [3.05, 3.63) is 57.2 Å².